The van der Waals surface area contributed by atoms with Gasteiger partial charge < -0.3 is 14.8 Å². The quantitative estimate of drug-likeness (QED) is 0.836. The molecule has 4 heteroatoms. The maximum absolute atomic E-state index is 5.97. The predicted octanol–water partition coefficient (Wildman–Crippen LogP) is 3.26. The summed E-state index contributed by atoms with van der Waals surface area (Å²) in [6.45, 7) is 6.80. The van der Waals surface area contributed by atoms with Crippen molar-refractivity contribution in [3.05, 3.63) is 29.8 Å². The average Bonchev–Trinajstić information content (AvgIpc) is 2.52. The lowest BCUT2D eigenvalue weighted by Gasteiger charge is -2.32. The molecule has 2 atom stereocenters. The Kier molecular flexibility index (Phi) is 6.70. The minimum Gasteiger partial charge on any atom is -0.493 e. The molecule has 0 saturated carbocycles. The number of benzene rings is 1. The first-order valence-electron chi connectivity index (χ1n) is 7.51. The van der Waals surface area contributed by atoms with E-state index in [0.717, 1.165) is 43.4 Å². The number of para-hydroxylation sites is 1. The van der Waals surface area contributed by atoms with Gasteiger partial charge in [-0.15, -0.1) is 0 Å². The number of hydrogen-bond donors (Lipinski definition) is 1. The third-order valence-electron chi connectivity index (χ3n) is 3.35. The van der Waals surface area contributed by atoms with E-state index in [1.807, 2.05) is 17.8 Å². The van der Waals surface area contributed by atoms with Crippen LogP contribution in [0.3, 0.4) is 0 Å². The smallest absolute Gasteiger partial charge is 0.124 e. The van der Waals surface area contributed by atoms with Crippen LogP contribution in [0.1, 0.15) is 31.9 Å². The second kappa shape index (κ2) is 8.55. The number of rotatable bonds is 7. The highest BCUT2D eigenvalue weighted by atomic mass is 32.2. The van der Waals surface area contributed by atoms with E-state index in [4.69, 9.17) is 9.47 Å². The molecule has 1 saturated heterocycles. The van der Waals surface area contributed by atoms with Crippen LogP contribution in [-0.2, 0) is 4.74 Å². The van der Waals surface area contributed by atoms with Gasteiger partial charge in [-0.05, 0) is 19.0 Å². The first-order chi connectivity index (χ1) is 9.86. The van der Waals surface area contributed by atoms with Gasteiger partial charge in [-0.2, -0.15) is 11.8 Å². The Morgan fingerprint density at radius 3 is 2.95 bits per heavy atom. The molecule has 1 aliphatic rings. The lowest BCUT2D eigenvalue weighted by atomic mass is 10.0. The van der Waals surface area contributed by atoms with Gasteiger partial charge in [0.1, 0.15) is 5.75 Å². The Morgan fingerprint density at radius 2 is 2.25 bits per heavy atom. The second-order valence-electron chi connectivity index (χ2n) is 4.91. The van der Waals surface area contributed by atoms with Crippen LogP contribution in [0, 0.1) is 0 Å². The summed E-state index contributed by atoms with van der Waals surface area (Å²) in [4.78, 5) is 0. The molecule has 2 unspecified atom stereocenters. The van der Waals surface area contributed by atoms with Crippen molar-refractivity contribution in [3.8, 4) is 5.75 Å². The van der Waals surface area contributed by atoms with Crippen molar-refractivity contribution in [2.45, 2.75) is 32.4 Å². The standard InChI is InChI=1S/C16H25NO2S/c1-3-9-18-14-8-6-5-7-13(14)16(17-4-2)15-12-20-11-10-19-15/h5-8,15-17H,3-4,9-12H2,1-2H3. The van der Waals surface area contributed by atoms with Crippen LogP contribution >= 0.6 is 11.8 Å². The number of hydrogen-bond acceptors (Lipinski definition) is 4. The minimum absolute atomic E-state index is 0.209. The van der Waals surface area contributed by atoms with Crippen molar-refractivity contribution in [1.82, 2.24) is 5.32 Å². The number of nitrogens with one attached hydrogen (secondary N) is 1. The zero-order chi connectivity index (χ0) is 14.2. The summed E-state index contributed by atoms with van der Waals surface area (Å²) in [5.74, 6) is 3.13. The molecule has 1 fully saturated rings. The molecule has 2 rings (SSSR count). The van der Waals surface area contributed by atoms with Crippen molar-refractivity contribution in [3.63, 3.8) is 0 Å². The third-order valence-corrected chi connectivity index (χ3v) is 4.37. The van der Waals surface area contributed by atoms with E-state index in [1.165, 1.54) is 5.56 Å². The first kappa shape index (κ1) is 15.7. The van der Waals surface area contributed by atoms with Gasteiger partial charge in [-0.3, -0.25) is 0 Å². The van der Waals surface area contributed by atoms with E-state index >= 15 is 0 Å². The molecular weight excluding hydrogens is 270 g/mol. The molecule has 20 heavy (non-hydrogen) atoms. The monoisotopic (exact) mass is 295 g/mol. The van der Waals surface area contributed by atoms with Gasteiger partial charge in [0.25, 0.3) is 0 Å². The van der Waals surface area contributed by atoms with Crippen LogP contribution in [0.2, 0.25) is 0 Å². The molecule has 1 aromatic rings. The fraction of sp³-hybridized carbons (Fsp3) is 0.625. The van der Waals surface area contributed by atoms with E-state index in [0.29, 0.717) is 0 Å². The van der Waals surface area contributed by atoms with Crippen LogP contribution in [-0.4, -0.2) is 37.4 Å². The SMILES string of the molecule is CCCOc1ccccc1C(NCC)C1CSCCO1. The summed E-state index contributed by atoms with van der Waals surface area (Å²) in [6.07, 6.45) is 1.25. The molecule has 1 aliphatic heterocycles. The maximum atomic E-state index is 5.97. The van der Waals surface area contributed by atoms with E-state index in [9.17, 15) is 0 Å². The summed E-state index contributed by atoms with van der Waals surface area (Å²) >= 11 is 1.97. The maximum Gasteiger partial charge on any atom is 0.124 e. The fourth-order valence-electron chi connectivity index (χ4n) is 2.44. The molecule has 0 radical (unpaired) electrons. The van der Waals surface area contributed by atoms with Crippen LogP contribution in [0.25, 0.3) is 0 Å². The Labute approximate surface area is 126 Å². The number of ether oxygens (including phenoxy) is 2. The molecule has 3 nitrogen and oxygen atoms in total. The lowest BCUT2D eigenvalue weighted by molar-refractivity contribution is 0.0464. The van der Waals surface area contributed by atoms with Crippen molar-refractivity contribution < 1.29 is 9.47 Å². The summed E-state index contributed by atoms with van der Waals surface area (Å²) in [7, 11) is 0. The zero-order valence-corrected chi connectivity index (χ0v) is 13.2. The largest absolute Gasteiger partial charge is 0.493 e. The highest BCUT2D eigenvalue weighted by Crippen LogP contribution is 2.31. The van der Waals surface area contributed by atoms with Gasteiger partial charge in [0, 0.05) is 17.1 Å². The van der Waals surface area contributed by atoms with E-state index in [1.54, 1.807) is 0 Å². The Bertz CT molecular complexity index is 394. The predicted molar refractivity (Wildman–Crippen MR) is 85.7 cm³/mol. The van der Waals surface area contributed by atoms with Gasteiger partial charge in [0.15, 0.2) is 0 Å². The highest BCUT2D eigenvalue weighted by Gasteiger charge is 2.27. The Morgan fingerprint density at radius 1 is 1.40 bits per heavy atom. The van der Waals surface area contributed by atoms with E-state index < -0.39 is 0 Å². The highest BCUT2D eigenvalue weighted by molar-refractivity contribution is 7.99. The summed E-state index contributed by atoms with van der Waals surface area (Å²) in [6, 6.07) is 8.54. The molecule has 0 spiro atoms. The molecule has 0 amide bonds. The second-order valence-corrected chi connectivity index (χ2v) is 6.06. The fourth-order valence-corrected chi connectivity index (χ4v) is 3.34. The zero-order valence-electron chi connectivity index (χ0n) is 12.4. The lowest BCUT2D eigenvalue weighted by Crippen LogP contribution is -2.38. The van der Waals surface area contributed by atoms with Gasteiger partial charge in [0.2, 0.25) is 0 Å². The van der Waals surface area contributed by atoms with Gasteiger partial charge >= 0.3 is 0 Å². The molecule has 1 aromatic carbocycles. The van der Waals surface area contributed by atoms with E-state index in [2.05, 4.69) is 37.4 Å². The molecule has 112 valence electrons. The first-order valence-corrected chi connectivity index (χ1v) is 8.66. The van der Waals surface area contributed by atoms with Crippen LogP contribution in [0.15, 0.2) is 24.3 Å². The van der Waals surface area contributed by atoms with Crippen molar-refractivity contribution in [1.29, 1.82) is 0 Å². The molecule has 1 heterocycles. The van der Waals surface area contributed by atoms with Crippen molar-refractivity contribution in [2.24, 2.45) is 0 Å². The van der Waals surface area contributed by atoms with Crippen LogP contribution in [0.4, 0.5) is 0 Å². The number of thioether (sulfide) groups is 1. The van der Waals surface area contributed by atoms with Gasteiger partial charge in [-0.1, -0.05) is 32.0 Å². The Balaban J connectivity index is 2.18. The molecule has 0 aliphatic carbocycles. The number of likely N-dealkylation sites (N-methyl/N-ethyl adjacent to an activating group) is 1. The summed E-state index contributed by atoms with van der Waals surface area (Å²) in [5, 5.41) is 3.57. The van der Waals surface area contributed by atoms with Crippen LogP contribution < -0.4 is 10.1 Å². The topological polar surface area (TPSA) is 30.5 Å². The van der Waals surface area contributed by atoms with E-state index in [-0.39, 0.29) is 12.1 Å². The average molecular weight is 295 g/mol. The minimum atomic E-state index is 0.209. The van der Waals surface area contributed by atoms with Gasteiger partial charge in [-0.25, -0.2) is 0 Å². The Hall–Kier alpha value is -0.710. The molecule has 1 N–H and O–H groups in total. The summed E-state index contributed by atoms with van der Waals surface area (Å²) in [5.41, 5.74) is 1.22. The molecule has 0 aromatic heterocycles. The normalized spacial score (nSPS) is 20.6. The van der Waals surface area contributed by atoms with Crippen LogP contribution in [0.5, 0.6) is 5.75 Å². The summed E-state index contributed by atoms with van der Waals surface area (Å²) < 4.78 is 11.9. The third kappa shape index (κ3) is 4.14. The molecular formula is C16H25NO2S. The molecule has 0 bridgehead atoms. The van der Waals surface area contributed by atoms with Crippen molar-refractivity contribution in [2.75, 3.05) is 31.3 Å². The van der Waals surface area contributed by atoms with Crippen molar-refractivity contribution >= 4 is 11.8 Å². The van der Waals surface area contributed by atoms with Gasteiger partial charge in [0.05, 0.1) is 25.4 Å².